The summed E-state index contributed by atoms with van der Waals surface area (Å²) in [6.45, 7) is 9.95. The van der Waals surface area contributed by atoms with E-state index in [-0.39, 0.29) is 5.91 Å². The molecular formula is C19H27N3O3. The van der Waals surface area contributed by atoms with Crippen molar-refractivity contribution in [3.63, 3.8) is 0 Å². The molecule has 0 saturated carbocycles. The average Bonchev–Trinajstić information content (AvgIpc) is 3.23. The van der Waals surface area contributed by atoms with Crippen molar-refractivity contribution in [2.45, 2.75) is 26.8 Å². The Morgan fingerprint density at radius 3 is 2.80 bits per heavy atom. The maximum Gasteiger partial charge on any atom is 0.253 e. The molecule has 2 aromatic rings. The van der Waals surface area contributed by atoms with Gasteiger partial charge in [-0.3, -0.25) is 9.69 Å². The Labute approximate surface area is 148 Å². The standard InChI is InChI=1S/C19H27N3O3/c1-15-13-18(16(2)22(15)14-17-5-3-10-25-17)19(23)20-6-4-7-21-8-11-24-12-9-21/h3,5,10,13H,4,6-9,11-12,14H2,1-2H3,(H,20,23). The molecule has 1 aliphatic heterocycles. The molecule has 3 heterocycles. The van der Waals surface area contributed by atoms with Crippen LogP contribution >= 0.6 is 0 Å². The lowest BCUT2D eigenvalue weighted by atomic mass is 10.2. The summed E-state index contributed by atoms with van der Waals surface area (Å²) in [5.74, 6) is 0.889. The Kier molecular flexibility index (Phi) is 5.94. The number of amides is 1. The van der Waals surface area contributed by atoms with E-state index in [0.29, 0.717) is 13.1 Å². The summed E-state index contributed by atoms with van der Waals surface area (Å²) in [5, 5.41) is 3.05. The maximum atomic E-state index is 12.5. The van der Waals surface area contributed by atoms with Crippen LogP contribution in [0.5, 0.6) is 0 Å². The molecule has 136 valence electrons. The summed E-state index contributed by atoms with van der Waals surface area (Å²) in [6, 6.07) is 5.78. The molecule has 3 rings (SSSR count). The molecule has 1 saturated heterocycles. The Morgan fingerprint density at radius 1 is 1.28 bits per heavy atom. The number of hydrogen-bond donors (Lipinski definition) is 1. The van der Waals surface area contributed by atoms with Gasteiger partial charge in [-0.15, -0.1) is 0 Å². The summed E-state index contributed by atoms with van der Waals surface area (Å²) in [4.78, 5) is 14.9. The number of aromatic nitrogens is 1. The van der Waals surface area contributed by atoms with Gasteiger partial charge in [0.15, 0.2) is 0 Å². The number of carbonyl (C=O) groups excluding carboxylic acids is 1. The van der Waals surface area contributed by atoms with Gasteiger partial charge in [-0.05, 0) is 45.0 Å². The SMILES string of the molecule is Cc1cc(C(=O)NCCCN2CCOCC2)c(C)n1Cc1ccco1. The molecule has 25 heavy (non-hydrogen) atoms. The summed E-state index contributed by atoms with van der Waals surface area (Å²) in [5.41, 5.74) is 2.78. The van der Waals surface area contributed by atoms with Gasteiger partial charge in [0.25, 0.3) is 5.91 Å². The first kappa shape index (κ1) is 17.8. The van der Waals surface area contributed by atoms with E-state index in [1.165, 1.54) is 0 Å². The van der Waals surface area contributed by atoms with E-state index in [0.717, 1.165) is 62.0 Å². The van der Waals surface area contributed by atoms with Gasteiger partial charge in [0, 0.05) is 31.0 Å². The fourth-order valence-corrected chi connectivity index (χ4v) is 3.26. The zero-order chi connectivity index (χ0) is 17.6. The second kappa shape index (κ2) is 8.36. The molecule has 0 spiro atoms. The van der Waals surface area contributed by atoms with Gasteiger partial charge in [-0.25, -0.2) is 0 Å². The number of rotatable bonds is 7. The molecule has 0 unspecified atom stereocenters. The first-order valence-electron chi connectivity index (χ1n) is 8.92. The molecule has 1 fully saturated rings. The molecular weight excluding hydrogens is 318 g/mol. The lowest BCUT2D eigenvalue weighted by Gasteiger charge is -2.26. The normalized spacial score (nSPS) is 15.4. The highest BCUT2D eigenvalue weighted by Crippen LogP contribution is 2.17. The molecule has 0 atom stereocenters. The maximum absolute atomic E-state index is 12.5. The molecule has 0 bridgehead atoms. The van der Waals surface area contributed by atoms with Gasteiger partial charge in [-0.1, -0.05) is 0 Å². The van der Waals surface area contributed by atoms with Crippen LogP contribution in [0.15, 0.2) is 28.9 Å². The third kappa shape index (κ3) is 4.52. The topological polar surface area (TPSA) is 59.6 Å². The van der Waals surface area contributed by atoms with Crippen molar-refractivity contribution in [3.05, 3.63) is 47.2 Å². The van der Waals surface area contributed by atoms with Crippen LogP contribution < -0.4 is 5.32 Å². The van der Waals surface area contributed by atoms with Crippen molar-refractivity contribution in [2.75, 3.05) is 39.4 Å². The van der Waals surface area contributed by atoms with Gasteiger partial charge < -0.3 is 19.0 Å². The molecule has 6 nitrogen and oxygen atoms in total. The van der Waals surface area contributed by atoms with Gasteiger partial charge in [-0.2, -0.15) is 0 Å². The predicted octanol–water partition coefficient (Wildman–Crippen LogP) is 2.20. The molecule has 0 radical (unpaired) electrons. The van der Waals surface area contributed by atoms with E-state index in [1.54, 1.807) is 6.26 Å². The molecule has 1 N–H and O–H groups in total. The molecule has 2 aromatic heterocycles. The minimum Gasteiger partial charge on any atom is -0.467 e. The van der Waals surface area contributed by atoms with E-state index in [9.17, 15) is 4.79 Å². The quantitative estimate of drug-likeness (QED) is 0.782. The number of morpholine rings is 1. The highest BCUT2D eigenvalue weighted by Gasteiger charge is 2.16. The highest BCUT2D eigenvalue weighted by atomic mass is 16.5. The van der Waals surface area contributed by atoms with Crippen LogP contribution in [0.25, 0.3) is 0 Å². The number of aryl methyl sites for hydroxylation is 1. The number of ether oxygens (including phenoxy) is 1. The molecule has 6 heteroatoms. The minimum atomic E-state index is 0.000715. The van der Waals surface area contributed by atoms with Gasteiger partial charge in [0.2, 0.25) is 0 Å². The van der Waals surface area contributed by atoms with Crippen molar-refractivity contribution in [1.29, 1.82) is 0 Å². The largest absolute Gasteiger partial charge is 0.467 e. The van der Waals surface area contributed by atoms with Crippen molar-refractivity contribution in [1.82, 2.24) is 14.8 Å². The van der Waals surface area contributed by atoms with Crippen LogP contribution in [0.4, 0.5) is 0 Å². The summed E-state index contributed by atoms with van der Waals surface area (Å²) >= 11 is 0. The minimum absolute atomic E-state index is 0.000715. The van der Waals surface area contributed by atoms with Crippen LogP contribution in [-0.2, 0) is 11.3 Å². The molecule has 1 amide bonds. The Hall–Kier alpha value is -2.05. The highest BCUT2D eigenvalue weighted by molar-refractivity contribution is 5.95. The van der Waals surface area contributed by atoms with Crippen molar-refractivity contribution < 1.29 is 13.9 Å². The fraction of sp³-hybridized carbons (Fsp3) is 0.526. The first-order valence-corrected chi connectivity index (χ1v) is 8.92. The lowest BCUT2D eigenvalue weighted by molar-refractivity contribution is 0.0374. The molecule has 1 aliphatic rings. The fourth-order valence-electron chi connectivity index (χ4n) is 3.26. The van der Waals surface area contributed by atoms with Crippen LogP contribution in [0, 0.1) is 13.8 Å². The number of nitrogens with one attached hydrogen (secondary N) is 1. The third-order valence-corrected chi connectivity index (χ3v) is 4.75. The van der Waals surface area contributed by atoms with Gasteiger partial charge in [0.05, 0.1) is 31.6 Å². The predicted molar refractivity (Wildman–Crippen MR) is 95.9 cm³/mol. The number of hydrogen-bond acceptors (Lipinski definition) is 4. The van der Waals surface area contributed by atoms with Crippen molar-refractivity contribution in [3.8, 4) is 0 Å². The smallest absolute Gasteiger partial charge is 0.253 e. The zero-order valence-electron chi connectivity index (χ0n) is 15.1. The Bertz CT molecular complexity index is 685. The third-order valence-electron chi connectivity index (χ3n) is 4.75. The summed E-state index contributed by atoms with van der Waals surface area (Å²) in [6.07, 6.45) is 2.63. The Morgan fingerprint density at radius 2 is 2.08 bits per heavy atom. The monoisotopic (exact) mass is 345 g/mol. The van der Waals surface area contributed by atoms with Crippen LogP contribution in [0.2, 0.25) is 0 Å². The number of furan rings is 1. The van der Waals surface area contributed by atoms with Crippen LogP contribution in [-0.4, -0.2) is 54.8 Å². The molecule has 0 aromatic carbocycles. The lowest BCUT2D eigenvalue weighted by Crippen LogP contribution is -2.38. The molecule has 0 aliphatic carbocycles. The van der Waals surface area contributed by atoms with Crippen molar-refractivity contribution in [2.24, 2.45) is 0 Å². The van der Waals surface area contributed by atoms with Crippen LogP contribution in [0.3, 0.4) is 0 Å². The second-order valence-corrected chi connectivity index (χ2v) is 6.51. The number of carbonyl (C=O) groups is 1. The van der Waals surface area contributed by atoms with E-state index in [2.05, 4.69) is 14.8 Å². The van der Waals surface area contributed by atoms with E-state index >= 15 is 0 Å². The van der Waals surface area contributed by atoms with E-state index in [4.69, 9.17) is 9.15 Å². The summed E-state index contributed by atoms with van der Waals surface area (Å²) < 4.78 is 12.9. The van der Waals surface area contributed by atoms with Crippen LogP contribution in [0.1, 0.15) is 33.9 Å². The van der Waals surface area contributed by atoms with Crippen molar-refractivity contribution >= 4 is 5.91 Å². The van der Waals surface area contributed by atoms with Gasteiger partial charge >= 0.3 is 0 Å². The second-order valence-electron chi connectivity index (χ2n) is 6.51. The first-order chi connectivity index (χ1) is 12.1. The average molecular weight is 345 g/mol. The van der Waals surface area contributed by atoms with E-state index < -0.39 is 0 Å². The summed E-state index contributed by atoms with van der Waals surface area (Å²) in [7, 11) is 0. The number of nitrogens with zero attached hydrogens (tertiary/aromatic N) is 2. The zero-order valence-corrected chi connectivity index (χ0v) is 15.1. The Balaban J connectivity index is 1.51. The van der Waals surface area contributed by atoms with E-state index in [1.807, 2.05) is 32.0 Å². The van der Waals surface area contributed by atoms with Gasteiger partial charge in [0.1, 0.15) is 5.76 Å².